The number of unbranched alkanes of at least 4 members (excludes halogenated alkanes) is 1. The van der Waals surface area contributed by atoms with Crippen molar-refractivity contribution >= 4 is 59.2 Å². The summed E-state index contributed by atoms with van der Waals surface area (Å²) < 4.78 is 0. The van der Waals surface area contributed by atoms with Gasteiger partial charge >= 0.3 is 0 Å². The van der Waals surface area contributed by atoms with Gasteiger partial charge in [-0.2, -0.15) is 11.8 Å². The van der Waals surface area contributed by atoms with Crippen molar-refractivity contribution in [2.24, 2.45) is 4.99 Å². The van der Waals surface area contributed by atoms with E-state index in [2.05, 4.69) is 21.5 Å². The number of aliphatic imine (C=N–C) groups is 1. The Morgan fingerprint density at radius 2 is 1.93 bits per heavy atom. The predicted molar refractivity (Wildman–Crippen MR) is 128 cm³/mol. The zero-order chi connectivity index (χ0) is 18.8. The Bertz CT molecular complexity index is 609. The third-order valence-corrected chi connectivity index (χ3v) is 5.38. The monoisotopic (exact) mass is 524 g/mol. The molecule has 0 atom stereocenters. The van der Waals surface area contributed by atoms with Crippen LogP contribution in [0.15, 0.2) is 29.3 Å². The number of halogens is 2. The molecule has 0 radical (unpaired) electrons. The van der Waals surface area contributed by atoms with Gasteiger partial charge in [-0.25, -0.2) is 0 Å². The molecule has 0 unspecified atom stereocenters. The minimum Gasteiger partial charge on any atom is -0.356 e. The fraction of sp³-hybridized carbons (Fsp3) is 0.579. The highest BCUT2D eigenvalue weighted by atomic mass is 127. The van der Waals surface area contributed by atoms with Gasteiger partial charge in [0.1, 0.15) is 0 Å². The fourth-order valence-electron chi connectivity index (χ4n) is 3.00. The molecule has 1 aromatic rings. The van der Waals surface area contributed by atoms with Crippen LogP contribution in [0.1, 0.15) is 18.4 Å². The average Bonchev–Trinajstić information content (AvgIpc) is 2.65. The molecule has 8 heteroatoms. The molecule has 1 saturated heterocycles. The Labute approximate surface area is 189 Å². The molecule has 1 aromatic carbocycles. The van der Waals surface area contributed by atoms with Gasteiger partial charge in [-0.15, -0.1) is 24.0 Å². The van der Waals surface area contributed by atoms with Crippen molar-refractivity contribution < 1.29 is 4.79 Å². The van der Waals surface area contributed by atoms with E-state index in [1.807, 2.05) is 48.0 Å². The first-order valence-electron chi connectivity index (χ1n) is 9.11. The van der Waals surface area contributed by atoms with Crippen molar-refractivity contribution in [3.63, 3.8) is 0 Å². The molecule has 0 saturated carbocycles. The van der Waals surface area contributed by atoms with Crippen LogP contribution < -0.4 is 5.32 Å². The maximum absolute atomic E-state index is 12.5. The van der Waals surface area contributed by atoms with E-state index < -0.39 is 0 Å². The van der Waals surface area contributed by atoms with Crippen LogP contribution in [-0.4, -0.2) is 73.4 Å². The minimum absolute atomic E-state index is 0. The van der Waals surface area contributed by atoms with Gasteiger partial charge in [0.15, 0.2) is 5.96 Å². The van der Waals surface area contributed by atoms with Gasteiger partial charge in [0, 0.05) is 44.8 Å². The Morgan fingerprint density at radius 1 is 1.22 bits per heavy atom. The van der Waals surface area contributed by atoms with Crippen molar-refractivity contribution in [1.29, 1.82) is 0 Å². The summed E-state index contributed by atoms with van der Waals surface area (Å²) in [5.41, 5.74) is 0.965. The van der Waals surface area contributed by atoms with Crippen LogP contribution in [0.4, 0.5) is 0 Å². The molecule has 2 rings (SSSR count). The average molecular weight is 525 g/mol. The van der Waals surface area contributed by atoms with Crippen LogP contribution in [0, 0.1) is 0 Å². The molecule has 1 N–H and O–H groups in total. The van der Waals surface area contributed by atoms with E-state index in [0.717, 1.165) is 50.7 Å². The van der Waals surface area contributed by atoms with Gasteiger partial charge in [0.25, 0.3) is 0 Å². The molecule has 0 aromatic heterocycles. The lowest BCUT2D eigenvalue weighted by Gasteiger charge is -2.36. The highest BCUT2D eigenvalue weighted by molar-refractivity contribution is 14.0. The van der Waals surface area contributed by atoms with E-state index in [9.17, 15) is 4.79 Å². The first kappa shape index (κ1) is 24.4. The number of thioether (sulfide) groups is 1. The summed E-state index contributed by atoms with van der Waals surface area (Å²) in [5.74, 6) is 2.30. The second kappa shape index (κ2) is 13.5. The highest BCUT2D eigenvalue weighted by Gasteiger charge is 2.22. The van der Waals surface area contributed by atoms with Crippen molar-refractivity contribution in [2.75, 3.05) is 51.8 Å². The number of piperazine rings is 1. The lowest BCUT2D eigenvalue weighted by atomic mass is 10.1. The summed E-state index contributed by atoms with van der Waals surface area (Å²) in [6.45, 7) is 4.03. The fourth-order valence-corrected chi connectivity index (χ4v) is 3.71. The first-order chi connectivity index (χ1) is 12.6. The molecule has 152 valence electrons. The van der Waals surface area contributed by atoms with Gasteiger partial charge < -0.3 is 15.1 Å². The molecule has 1 heterocycles. The summed E-state index contributed by atoms with van der Waals surface area (Å²) >= 11 is 7.89. The van der Waals surface area contributed by atoms with E-state index in [0.29, 0.717) is 11.4 Å². The smallest absolute Gasteiger partial charge is 0.227 e. The van der Waals surface area contributed by atoms with Crippen LogP contribution in [0.2, 0.25) is 5.02 Å². The topological polar surface area (TPSA) is 47.9 Å². The number of amides is 1. The van der Waals surface area contributed by atoms with Gasteiger partial charge in [-0.05, 0) is 42.5 Å². The molecule has 0 aliphatic carbocycles. The molecule has 0 bridgehead atoms. The second-order valence-corrected chi connectivity index (χ2v) is 7.77. The molecule has 1 amide bonds. The molecule has 5 nitrogen and oxygen atoms in total. The lowest BCUT2D eigenvalue weighted by molar-refractivity contribution is -0.131. The third-order valence-electron chi connectivity index (χ3n) is 4.45. The van der Waals surface area contributed by atoms with Crippen molar-refractivity contribution in [1.82, 2.24) is 15.1 Å². The number of carbonyl (C=O) groups is 1. The zero-order valence-corrected chi connectivity index (χ0v) is 20.0. The number of nitrogens with zero attached hydrogens (tertiary/aromatic N) is 3. The van der Waals surface area contributed by atoms with Gasteiger partial charge in [-0.1, -0.05) is 23.7 Å². The van der Waals surface area contributed by atoms with Crippen molar-refractivity contribution in [2.45, 2.75) is 19.3 Å². The summed E-state index contributed by atoms with van der Waals surface area (Å²) in [4.78, 5) is 21.1. The summed E-state index contributed by atoms with van der Waals surface area (Å²) in [7, 11) is 1.82. The normalized spacial score (nSPS) is 14.7. The SMILES string of the molecule is CN=C(NCCCCSC)N1CCN(C(=O)Cc2cccc(Cl)c2)CC1.I. The number of rotatable bonds is 7. The molecular weight excluding hydrogens is 495 g/mol. The van der Waals surface area contributed by atoms with Crippen LogP contribution in [0.3, 0.4) is 0 Å². The number of hydrogen-bond donors (Lipinski definition) is 1. The predicted octanol–water partition coefficient (Wildman–Crippen LogP) is 3.36. The molecule has 1 aliphatic heterocycles. The van der Waals surface area contributed by atoms with Crippen LogP contribution in [0.25, 0.3) is 0 Å². The van der Waals surface area contributed by atoms with Gasteiger partial charge in [-0.3, -0.25) is 9.79 Å². The Morgan fingerprint density at radius 3 is 2.56 bits per heavy atom. The van der Waals surface area contributed by atoms with Gasteiger partial charge in [0.2, 0.25) is 5.91 Å². The van der Waals surface area contributed by atoms with E-state index in [-0.39, 0.29) is 29.9 Å². The minimum atomic E-state index is 0. The molecule has 1 aliphatic rings. The molecular formula is C19H30ClIN4OS. The summed E-state index contributed by atoms with van der Waals surface area (Å²) in [6.07, 6.45) is 4.91. The number of guanidine groups is 1. The number of hydrogen-bond acceptors (Lipinski definition) is 3. The van der Waals surface area contributed by atoms with Crippen molar-refractivity contribution in [3.05, 3.63) is 34.9 Å². The maximum atomic E-state index is 12.5. The quantitative estimate of drug-likeness (QED) is 0.257. The maximum Gasteiger partial charge on any atom is 0.227 e. The van der Waals surface area contributed by atoms with Crippen molar-refractivity contribution in [3.8, 4) is 0 Å². The molecule has 27 heavy (non-hydrogen) atoms. The van der Waals surface area contributed by atoms with Crippen LogP contribution in [-0.2, 0) is 11.2 Å². The lowest BCUT2D eigenvalue weighted by Crippen LogP contribution is -2.54. The van der Waals surface area contributed by atoms with E-state index >= 15 is 0 Å². The molecule has 0 spiro atoms. The Kier molecular flexibility index (Phi) is 12.2. The Balaban J connectivity index is 0.00000364. The number of carbonyl (C=O) groups excluding carboxylic acids is 1. The first-order valence-corrected chi connectivity index (χ1v) is 10.9. The summed E-state index contributed by atoms with van der Waals surface area (Å²) in [5, 5.41) is 4.11. The second-order valence-electron chi connectivity index (χ2n) is 6.35. The summed E-state index contributed by atoms with van der Waals surface area (Å²) in [6, 6.07) is 7.52. The number of benzene rings is 1. The molecule has 1 fully saturated rings. The third kappa shape index (κ3) is 8.48. The Hall–Kier alpha value is -0.670. The van der Waals surface area contributed by atoms with Crippen LogP contribution >= 0.6 is 47.3 Å². The van der Waals surface area contributed by atoms with E-state index in [1.54, 1.807) is 0 Å². The van der Waals surface area contributed by atoms with Crippen LogP contribution in [0.5, 0.6) is 0 Å². The van der Waals surface area contributed by atoms with Gasteiger partial charge in [0.05, 0.1) is 6.42 Å². The standard InChI is InChI=1S/C19H29ClN4OS.HI/c1-21-19(22-8-3-4-13-26-2)24-11-9-23(10-12-24)18(25)15-16-6-5-7-17(20)14-16;/h5-7,14H,3-4,8-13,15H2,1-2H3,(H,21,22);1H. The number of nitrogens with one attached hydrogen (secondary N) is 1. The van der Waals surface area contributed by atoms with E-state index in [4.69, 9.17) is 11.6 Å². The highest BCUT2D eigenvalue weighted by Crippen LogP contribution is 2.13. The largest absolute Gasteiger partial charge is 0.356 e. The zero-order valence-electron chi connectivity index (χ0n) is 16.1. The van der Waals surface area contributed by atoms with E-state index in [1.165, 1.54) is 12.2 Å².